The van der Waals surface area contributed by atoms with Crippen molar-refractivity contribution in [1.82, 2.24) is 0 Å². The molecule has 0 aliphatic heterocycles. The monoisotopic (exact) mass is 243 g/mol. The molecule has 4 heteroatoms. The summed E-state index contributed by atoms with van der Waals surface area (Å²) in [5.41, 5.74) is 5.62. The summed E-state index contributed by atoms with van der Waals surface area (Å²) in [6, 6.07) is 3.84. The van der Waals surface area contributed by atoms with Gasteiger partial charge in [-0.3, -0.25) is 4.79 Å². The second-order valence-electron chi connectivity index (χ2n) is 3.65. The third kappa shape index (κ3) is 3.91. The summed E-state index contributed by atoms with van der Waals surface area (Å²) < 4.78 is 12.9. The van der Waals surface area contributed by atoms with E-state index in [2.05, 4.69) is 0 Å². The Balaban J connectivity index is 2.55. The Labute approximate surface area is 99.6 Å². The Kier molecular flexibility index (Phi) is 5.43. The molecule has 0 atom stereocenters. The van der Waals surface area contributed by atoms with Crippen LogP contribution < -0.4 is 5.73 Å². The highest BCUT2D eigenvalue weighted by atomic mass is 35.5. The Morgan fingerprint density at radius 1 is 1.31 bits per heavy atom. The van der Waals surface area contributed by atoms with Gasteiger partial charge in [-0.05, 0) is 37.6 Å². The number of nitrogens with two attached hydrogens (primary N) is 1. The Hall–Kier alpha value is -0.930. The van der Waals surface area contributed by atoms with Crippen molar-refractivity contribution in [1.29, 1.82) is 0 Å². The van der Waals surface area contributed by atoms with E-state index in [1.807, 2.05) is 0 Å². The molecule has 2 nitrogen and oxygen atoms in total. The molecule has 1 aromatic rings. The SMILES string of the molecule is NCCCCCC(=O)c1cc(F)ccc1Cl. The number of carbonyl (C=O) groups excluding carboxylic acids is 1. The molecule has 0 unspecified atom stereocenters. The first kappa shape index (κ1) is 13.1. The zero-order valence-electron chi connectivity index (χ0n) is 9.01. The van der Waals surface area contributed by atoms with E-state index in [9.17, 15) is 9.18 Å². The highest BCUT2D eigenvalue weighted by molar-refractivity contribution is 6.33. The highest BCUT2D eigenvalue weighted by Crippen LogP contribution is 2.19. The second-order valence-corrected chi connectivity index (χ2v) is 4.05. The van der Waals surface area contributed by atoms with E-state index in [4.69, 9.17) is 17.3 Å². The molecule has 0 aliphatic carbocycles. The van der Waals surface area contributed by atoms with E-state index in [0.29, 0.717) is 18.0 Å². The fraction of sp³-hybridized carbons (Fsp3) is 0.417. The first-order valence-electron chi connectivity index (χ1n) is 5.33. The number of unbranched alkanes of at least 4 members (excludes halogenated alkanes) is 2. The topological polar surface area (TPSA) is 43.1 Å². The Bertz CT molecular complexity index is 368. The van der Waals surface area contributed by atoms with Crippen LogP contribution in [-0.4, -0.2) is 12.3 Å². The molecular formula is C12H15ClFNO. The molecule has 0 radical (unpaired) electrons. The molecular weight excluding hydrogens is 229 g/mol. The molecule has 1 rings (SSSR count). The molecule has 2 N–H and O–H groups in total. The standard InChI is InChI=1S/C12H15ClFNO/c13-11-6-5-9(14)8-10(11)12(16)4-2-1-3-7-15/h5-6,8H,1-4,7,15H2. The number of rotatable bonds is 6. The molecule has 88 valence electrons. The predicted molar refractivity (Wildman–Crippen MR) is 63.3 cm³/mol. The van der Waals surface area contributed by atoms with E-state index >= 15 is 0 Å². The number of ketones is 1. The summed E-state index contributed by atoms with van der Waals surface area (Å²) in [6.07, 6.45) is 2.98. The van der Waals surface area contributed by atoms with Crippen molar-refractivity contribution in [3.8, 4) is 0 Å². The van der Waals surface area contributed by atoms with E-state index in [1.54, 1.807) is 0 Å². The van der Waals surface area contributed by atoms with Gasteiger partial charge in [0.25, 0.3) is 0 Å². The smallest absolute Gasteiger partial charge is 0.164 e. The van der Waals surface area contributed by atoms with E-state index in [0.717, 1.165) is 19.3 Å². The number of halogens is 2. The molecule has 0 amide bonds. The number of carbonyl (C=O) groups is 1. The number of Topliss-reactive ketones (excluding diaryl/α,β-unsaturated/α-hetero) is 1. The molecule has 0 fully saturated rings. The van der Waals surface area contributed by atoms with Gasteiger partial charge in [0, 0.05) is 12.0 Å². The molecule has 16 heavy (non-hydrogen) atoms. The normalized spacial score (nSPS) is 10.4. The van der Waals surface area contributed by atoms with Gasteiger partial charge in [0.15, 0.2) is 5.78 Å². The molecule has 1 aromatic carbocycles. The average molecular weight is 244 g/mol. The lowest BCUT2D eigenvalue weighted by atomic mass is 10.0. The van der Waals surface area contributed by atoms with E-state index in [-0.39, 0.29) is 11.3 Å². The van der Waals surface area contributed by atoms with Crippen molar-refractivity contribution >= 4 is 17.4 Å². The average Bonchev–Trinajstić information content (AvgIpc) is 2.27. The zero-order valence-corrected chi connectivity index (χ0v) is 9.77. The molecule has 0 saturated heterocycles. The third-order valence-electron chi connectivity index (χ3n) is 2.34. The van der Waals surface area contributed by atoms with Crippen LogP contribution >= 0.6 is 11.6 Å². The lowest BCUT2D eigenvalue weighted by Crippen LogP contribution is -2.02. The quantitative estimate of drug-likeness (QED) is 0.616. The van der Waals surface area contributed by atoms with Gasteiger partial charge in [-0.2, -0.15) is 0 Å². The summed E-state index contributed by atoms with van der Waals surface area (Å²) in [5.74, 6) is -0.545. The molecule has 0 saturated carbocycles. The van der Waals surface area contributed by atoms with Gasteiger partial charge >= 0.3 is 0 Å². The minimum Gasteiger partial charge on any atom is -0.330 e. The van der Waals surface area contributed by atoms with Crippen molar-refractivity contribution in [3.63, 3.8) is 0 Å². The van der Waals surface area contributed by atoms with Crippen LogP contribution in [0.2, 0.25) is 5.02 Å². The number of hydrogen-bond acceptors (Lipinski definition) is 2. The fourth-order valence-electron chi connectivity index (χ4n) is 1.45. The Morgan fingerprint density at radius 2 is 2.06 bits per heavy atom. The van der Waals surface area contributed by atoms with Crippen molar-refractivity contribution in [2.75, 3.05) is 6.54 Å². The van der Waals surface area contributed by atoms with E-state index in [1.165, 1.54) is 18.2 Å². The van der Waals surface area contributed by atoms with Gasteiger partial charge in [0.05, 0.1) is 5.02 Å². The van der Waals surface area contributed by atoms with Crippen LogP contribution in [0.1, 0.15) is 36.0 Å². The van der Waals surface area contributed by atoms with Crippen LogP contribution in [0.3, 0.4) is 0 Å². The molecule has 0 bridgehead atoms. The van der Waals surface area contributed by atoms with Crippen molar-refractivity contribution < 1.29 is 9.18 Å². The van der Waals surface area contributed by atoms with Gasteiger partial charge in [-0.1, -0.05) is 18.0 Å². The second kappa shape index (κ2) is 6.61. The Morgan fingerprint density at radius 3 is 2.75 bits per heavy atom. The highest BCUT2D eigenvalue weighted by Gasteiger charge is 2.10. The summed E-state index contributed by atoms with van der Waals surface area (Å²) in [6.45, 7) is 0.634. The van der Waals surface area contributed by atoms with Crippen molar-refractivity contribution in [3.05, 3.63) is 34.6 Å². The van der Waals surface area contributed by atoms with Crippen molar-refractivity contribution in [2.24, 2.45) is 5.73 Å². The first-order valence-corrected chi connectivity index (χ1v) is 5.71. The summed E-state index contributed by atoms with van der Waals surface area (Å²) >= 11 is 5.82. The zero-order chi connectivity index (χ0) is 12.0. The van der Waals surface area contributed by atoms with E-state index < -0.39 is 5.82 Å². The lowest BCUT2D eigenvalue weighted by molar-refractivity contribution is 0.0979. The van der Waals surface area contributed by atoms with Gasteiger partial charge in [0.1, 0.15) is 5.82 Å². The van der Waals surface area contributed by atoms with Gasteiger partial charge < -0.3 is 5.73 Å². The minimum absolute atomic E-state index is 0.110. The molecule has 0 aliphatic rings. The van der Waals surface area contributed by atoms with Crippen molar-refractivity contribution in [2.45, 2.75) is 25.7 Å². The maximum atomic E-state index is 12.9. The van der Waals surface area contributed by atoms with Gasteiger partial charge in [0.2, 0.25) is 0 Å². The summed E-state index contributed by atoms with van der Waals surface area (Å²) in [4.78, 5) is 11.7. The first-order chi connectivity index (χ1) is 7.65. The summed E-state index contributed by atoms with van der Waals surface area (Å²) in [5, 5.41) is 0.310. The van der Waals surface area contributed by atoms with Crippen LogP contribution in [0, 0.1) is 5.82 Å². The lowest BCUT2D eigenvalue weighted by Gasteiger charge is -2.03. The predicted octanol–water partition coefficient (Wildman–Crippen LogP) is 3.18. The van der Waals surface area contributed by atoms with Crippen LogP contribution in [0.15, 0.2) is 18.2 Å². The number of hydrogen-bond donors (Lipinski definition) is 1. The van der Waals surface area contributed by atoms with Gasteiger partial charge in [-0.15, -0.1) is 0 Å². The van der Waals surface area contributed by atoms with Crippen LogP contribution in [-0.2, 0) is 0 Å². The maximum Gasteiger partial charge on any atom is 0.164 e. The summed E-state index contributed by atoms with van der Waals surface area (Å²) in [7, 11) is 0. The largest absolute Gasteiger partial charge is 0.330 e. The molecule has 0 heterocycles. The van der Waals surface area contributed by atoms with Crippen LogP contribution in [0.25, 0.3) is 0 Å². The third-order valence-corrected chi connectivity index (χ3v) is 2.67. The molecule has 0 spiro atoms. The van der Waals surface area contributed by atoms with Crippen LogP contribution in [0.4, 0.5) is 4.39 Å². The fourth-order valence-corrected chi connectivity index (χ4v) is 1.68. The minimum atomic E-state index is -0.435. The van der Waals surface area contributed by atoms with Crippen LogP contribution in [0.5, 0.6) is 0 Å². The number of benzene rings is 1. The molecule has 0 aromatic heterocycles. The maximum absolute atomic E-state index is 12.9. The van der Waals surface area contributed by atoms with Gasteiger partial charge in [-0.25, -0.2) is 4.39 Å².